The predicted octanol–water partition coefficient (Wildman–Crippen LogP) is 3.80. The molecule has 108 valence electrons. The highest BCUT2D eigenvalue weighted by Crippen LogP contribution is 2.37. The Bertz CT molecular complexity index is 484. The Morgan fingerprint density at radius 2 is 2.00 bits per heavy atom. The van der Waals surface area contributed by atoms with Crippen LogP contribution in [-0.2, 0) is 4.79 Å². The number of nitrogens with zero attached hydrogens (tertiary/aromatic N) is 1. The number of benzene rings is 1. The van der Waals surface area contributed by atoms with Gasteiger partial charge in [-0.05, 0) is 37.3 Å². The lowest BCUT2D eigenvalue weighted by atomic mass is 9.84. The Labute approximate surface area is 125 Å². The molecule has 1 amide bonds. The van der Waals surface area contributed by atoms with Gasteiger partial charge in [-0.25, -0.2) is 0 Å². The Kier molecular flexibility index (Phi) is 4.35. The van der Waals surface area contributed by atoms with Crippen LogP contribution in [0.1, 0.15) is 42.1 Å². The highest BCUT2D eigenvalue weighted by molar-refractivity contribution is 7.99. The Morgan fingerprint density at radius 3 is 2.70 bits per heavy atom. The van der Waals surface area contributed by atoms with Crippen LogP contribution in [0.3, 0.4) is 0 Å². The molecule has 0 N–H and O–H groups in total. The van der Waals surface area contributed by atoms with Crippen molar-refractivity contribution in [3.63, 3.8) is 0 Å². The second-order valence-electron chi connectivity index (χ2n) is 5.96. The summed E-state index contributed by atoms with van der Waals surface area (Å²) in [7, 11) is 0. The minimum Gasteiger partial charge on any atom is -0.342 e. The molecule has 1 saturated carbocycles. The molecule has 1 saturated heterocycles. The van der Waals surface area contributed by atoms with Crippen molar-refractivity contribution in [1.82, 2.24) is 4.90 Å². The Hall–Kier alpha value is -0.960. The lowest BCUT2D eigenvalue weighted by molar-refractivity contribution is -0.137. The molecular weight excluding hydrogens is 266 g/mol. The van der Waals surface area contributed by atoms with Gasteiger partial charge in [0, 0.05) is 30.0 Å². The molecule has 0 spiro atoms. The molecule has 1 aromatic rings. The lowest BCUT2D eigenvalue weighted by Crippen LogP contribution is -2.40. The standard InChI is InChI=1S/C17H23NOS/c1-13-5-2-3-8-15(13)16-9-10-18(11-12-20-16)17(19)14-6-4-7-14/h2-3,5,8,14,16H,4,6-7,9-12H2,1H3. The summed E-state index contributed by atoms with van der Waals surface area (Å²) in [6.07, 6.45) is 4.56. The first kappa shape index (κ1) is 14.0. The molecule has 0 radical (unpaired) electrons. The number of amides is 1. The van der Waals surface area contributed by atoms with Crippen molar-refractivity contribution in [3.8, 4) is 0 Å². The summed E-state index contributed by atoms with van der Waals surface area (Å²) in [5.41, 5.74) is 2.83. The van der Waals surface area contributed by atoms with E-state index in [9.17, 15) is 4.79 Å². The summed E-state index contributed by atoms with van der Waals surface area (Å²) in [6.45, 7) is 4.06. The number of aryl methyl sites for hydroxylation is 1. The first-order valence-corrected chi connectivity index (χ1v) is 8.76. The zero-order chi connectivity index (χ0) is 13.9. The van der Waals surface area contributed by atoms with Crippen molar-refractivity contribution >= 4 is 17.7 Å². The van der Waals surface area contributed by atoms with E-state index >= 15 is 0 Å². The summed E-state index contributed by atoms with van der Waals surface area (Å²) >= 11 is 2.02. The molecule has 2 nitrogen and oxygen atoms in total. The third kappa shape index (κ3) is 2.88. The van der Waals surface area contributed by atoms with Crippen LogP contribution in [0, 0.1) is 12.8 Å². The number of hydrogen-bond acceptors (Lipinski definition) is 2. The summed E-state index contributed by atoms with van der Waals surface area (Å²) in [4.78, 5) is 14.5. The van der Waals surface area contributed by atoms with Crippen LogP contribution in [0.5, 0.6) is 0 Å². The van der Waals surface area contributed by atoms with E-state index in [1.165, 1.54) is 17.5 Å². The van der Waals surface area contributed by atoms with Gasteiger partial charge in [-0.3, -0.25) is 4.79 Å². The fourth-order valence-electron chi connectivity index (χ4n) is 3.10. The van der Waals surface area contributed by atoms with Gasteiger partial charge in [0.1, 0.15) is 0 Å². The smallest absolute Gasteiger partial charge is 0.225 e. The molecule has 1 heterocycles. The largest absolute Gasteiger partial charge is 0.342 e. The van der Waals surface area contributed by atoms with Gasteiger partial charge in [-0.15, -0.1) is 0 Å². The topological polar surface area (TPSA) is 20.3 Å². The van der Waals surface area contributed by atoms with Gasteiger partial charge < -0.3 is 4.90 Å². The van der Waals surface area contributed by atoms with Gasteiger partial charge in [0.25, 0.3) is 0 Å². The number of hydrogen-bond donors (Lipinski definition) is 0. The maximum atomic E-state index is 12.4. The first-order valence-electron chi connectivity index (χ1n) is 7.71. The molecule has 0 bridgehead atoms. The number of thioether (sulfide) groups is 1. The minimum absolute atomic E-state index is 0.343. The van der Waals surface area contributed by atoms with Crippen molar-refractivity contribution in [3.05, 3.63) is 35.4 Å². The van der Waals surface area contributed by atoms with E-state index in [1.807, 2.05) is 11.8 Å². The average Bonchev–Trinajstić information content (AvgIpc) is 2.63. The number of rotatable bonds is 2. The third-order valence-electron chi connectivity index (χ3n) is 4.64. The highest BCUT2D eigenvalue weighted by atomic mass is 32.2. The first-order chi connectivity index (χ1) is 9.75. The van der Waals surface area contributed by atoms with Crippen molar-refractivity contribution < 1.29 is 4.79 Å². The third-order valence-corrected chi connectivity index (χ3v) is 5.95. The van der Waals surface area contributed by atoms with Crippen molar-refractivity contribution in [2.24, 2.45) is 5.92 Å². The van der Waals surface area contributed by atoms with Crippen LogP contribution in [-0.4, -0.2) is 29.6 Å². The van der Waals surface area contributed by atoms with E-state index in [0.29, 0.717) is 17.1 Å². The normalized spacial score (nSPS) is 24.1. The summed E-state index contributed by atoms with van der Waals surface area (Å²) < 4.78 is 0. The molecule has 1 unspecified atom stereocenters. The molecule has 20 heavy (non-hydrogen) atoms. The van der Waals surface area contributed by atoms with Gasteiger partial charge >= 0.3 is 0 Å². The fourth-order valence-corrected chi connectivity index (χ4v) is 4.43. The molecule has 1 atom stereocenters. The SMILES string of the molecule is Cc1ccccc1C1CCN(C(=O)C2CCC2)CCS1. The van der Waals surface area contributed by atoms with Crippen LogP contribution >= 0.6 is 11.8 Å². The van der Waals surface area contributed by atoms with Crippen molar-refractivity contribution in [2.45, 2.75) is 37.9 Å². The molecule has 3 heteroatoms. The second kappa shape index (κ2) is 6.21. The average molecular weight is 289 g/mol. The van der Waals surface area contributed by atoms with Crippen LogP contribution in [0.15, 0.2) is 24.3 Å². The van der Waals surface area contributed by atoms with E-state index in [0.717, 1.165) is 38.1 Å². The molecule has 1 aliphatic heterocycles. The van der Waals surface area contributed by atoms with Gasteiger partial charge in [0.15, 0.2) is 0 Å². The number of carbonyl (C=O) groups excluding carboxylic acids is 1. The molecule has 2 fully saturated rings. The van der Waals surface area contributed by atoms with Crippen LogP contribution < -0.4 is 0 Å². The van der Waals surface area contributed by atoms with E-state index < -0.39 is 0 Å². The van der Waals surface area contributed by atoms with E-state index in [2.05, 4.69) is 36.1 Å². The summed E-state index contributed by atoms with van der Waals surface area (Å²) in [6, 6.07) is 8.67. The van der Waals surface area contributed by atoms with Crippen LogP contribution in [0.25, 0.3) is 0 Å². The zero-order valence-electron chi connectivity index (χ0n) is 12.2. The summed E-state index contributed by atoms with van der Waals surface area (Å²) in [5.74, 6) is 1.83. The molecule has 0 aromatic heterocycles. The maximum Gasteiger partial charge on any atom is 0.225 e. The predicted molar refractivity (Wildman–Crippen MR) is 84.9 cm³/mol. The quantitative estimate of drug-likeness (QED) is 0.825. The van der Waals surface area contributed by atoms with Gasteiger partial charge in [-0.2, -0.15) is 11.8 Å². The van der Waals surface area contributed by atoms with E-state index in [1.54, 1.807) is 0 Å². The maximum absolute atomic E-state index is 12.4. The van der Waals surface area contributed by atoms with Crippen LogP contribution in [0.2, 0.25) is 0 Å². The summed E-state index contributed by atoms with van der Waals surface area (Å²) in [5, 5.41) is 0.551. The Morgan fingerprint density at radius 1 is 1.20 bits per heavy atom. The van der Waals surface area contributed by atoms with Gasteiger partial charge in [0.2, 0.25) is 5.91 Å². The Balaban J connectivity index is 1.64. The molecular formula is C17H23NOS. The lowest BCUT2D eigenvalue weighted by Gasteiger charge is -2.30. The van der Waals surface area contributed by atoms with E-state index in [-0.39, 0.29) is 0 Å². The van der Waals surface area contributed by atoms with Crippen LogP contribution in [0.4, 0.5) is 0 Å². The molecule has 2 aliphatic rings. The van der Waals surface area contributed by atoms with E-state index in [4.69, 9.17) is 0 Å². The monoisotopic (exact) mass is 289 g/mol. The van der Waals surface area contributed by atoms with Gasteiger partial charge in [-0.1, -0.05) is 30.7 Å². The molecule has 3 rings (SSSR count). The van der Waals surface area contributed by atoms with Crippen molar-refractivity contribution in [2.75, 3.05) is 18.8 Å². The fraction of sp³-hybridized carbons (Fsp3) is 0.588. The van der Waals surface area contributed by atoms with Gasteiger partial charge in [0.05, 0.1) is 0 Å². The second-order valence-corrected chi connectivity index (χ2v) is 7.27. The zero-order valence-corrected chi connectivity index (χ0v) is 13.0. The molecule has 1 aliphatic carbocycles. The molecule has 1 aromatic carbocycles. The minimum atomic E-state index is 0.343. The number of carbonyl (C=O) groups is 1. The van der Waals surface area contributed by atoms with Crippen molar-refractivity contribution in [1.29, 1.82) is 0 Å². The highest BCUT2D eigenvalue weighted by Gasteiger charge is 2.31.